The average Bonchev–Trinajstić information content (AvgIpc) is 2.74. The van der Waals surface area contributed by atoms with Crippen molar-refractivity contribution in [2.24, 2.45) is 7.05 Å². The van der Waals surface area contributed by atoms with Crippen molar-refractivity contribution < 1.29 is 29.7 Å². The van der Waals surface area contributed by atoms with Gasteiger partial charge >= 0.3 is 33.0 Å². The van der Waals surface area contributed by atoms with Crippen LogP contribution in [0.25, 0.3) is 0 Å². The number of rotatable bonds is 3. The molecule has 126 valence electrons. The standard InChI is InChI=1S/C13H17N2.F6P/c1-3-13(12-7-5-4-6-8-12)15-10-9-14(2)11-15;1-7(2,3,4,5)6/h4-11,13H,3H2,1-2H3;/q+1;-1. The van der Waals surface area contributed by atoms with Gasteiger partial charge in [-0.25, -0.2) is 9.13 Å². The molecule has 0 saturated carbocycles. The quantitative estimate of drug-likeness (QED) is 0.383. The van der Waals surface area contributed by atoms with E-state index in [-0.39, 0.29) is 0 Å². The Morgan fingerprint density at radius 2 is 1.55 bits per heavy atom. The second kappa shape index (κ2) is 5.57. The van der Waals surface area contributed by atoms with Crippen molar-refractivity contribution in [3.8, 4) is 0 Å². The maximum absolute atomic E-state index is 10.7. The van der Waals surface area contributed by atoms with Gasteiger partial charge in [0.25, 0.3) is 0 Å². The van der Waals surface area contributed by atoms with Gasteiger partial charge in [-0.1, -0.05) is 37.3 Å². The molecule has 1 atom stereocenters. The molecule has 2 nitrogen and oxygen atoms in total. The van der Waals surface area contributed by atoms with Crippen LogP contribution in [0.4, 0.5) is 25.2 Å². The number of hydrogen-bond donors (Lipinski definition) is 0. The predicted molar refractivity (Wildman–Crippen MR) is 74.0 cm³/mol. The first-order valence-electron chi connectivity index (χ1n) is 6.40. The van der Waals surface area contributed by atoms with Crippen molar-refractivity contribution in [2.75, 3.05) is 0 Å². The average molecular weight is 346 g/mol. The molecule has 1 unspecified atom stereocenters. The number of nitrogens with zero attached hydrogens (tertiary/aromatic N) is 2. The first-order chi connectivity index (χ1) is 9.76. The number of aryl methyl sites for hydroxylation is 1. The normalized spacial score (nSPS) is 16.0. The molecule has 0 fully saturated rings. The summed E-state index contributed by atoms with van der Waals surface area (Å²) >= 11 is 0. The number of hydrogen-bond acceptors (Lipinski definition) is 0. The van der Waals surface area contributed by atoms with Crippen molar-refractivity contribution in [3.05, 3.63) is 54.6 Å². The topological polar surface area (TPSA) is 8.81 Å². The van der Waals surface area contributed by atoms with E-state index in [4.69, 9.17) is 0 Å². The molecule has 0 aliphatic carbocycles. The second-order valence-corrected chi connectivity index (χ2v) is 6.74. The first kappa shape index (κ1) is 18.5. The summed E-state index contributed by atoms with van der Waals surface area (Å²) in [5.41, 5.74) is 1.37. The van der Waals surface area contributed by atoms with Crippen molar-refractivity contribution in [3.63, 3.8) is 0 Å². The van der Waals surface area contributed by atoms with Crippen LogP contribution in [0.5, 0.6) is 0 Å². The summed E-state index contributed by atoms with van der Waals surface area (Å²) in [6.45, 7) is 2.22. The molecule has 0 spiro atoms. The van der Waals surface area contributed by atoms with E-state index >= 15 is 0 Å². The van der Waals surface area contributed by atoms with Gasteiger partial charge in [-0.2, -0.15) is 0 Å². The third kappa shape index (κ3) is 8.67. The molecular formula is C13H17F6N2P. The molecule has 0 aliphatic heterocycles. The number of halogens is 6. The summed E-state index contributed by atoms with van der Waals surface area (Å²) in [6.07, 6.45) is 7.44. The molecular weight excluding hydrogens is 329 g/mol. The molecule has 2 rings (SSSR count). The van der Waals surface area contributed by atoms with Gasteiger partial charge in [0.15, 0.2) is 0 Å². The number of benzene rings is 1. The molecule has 1 aromatic carbocycles. The Labute approximate surface area is 124 Å². The fourth-order valence-electron chi connectivity index (χ4n) is 1.95. The zero-order chi connectivity index (χ0) is 17.1. The van der Waals surface area contributed by atoms with Gasteiger partial charge in [0.1, 0.15) is 18.4 Å². The van der Waals surface area contributed by atoms with Gasteiger partial charge in [-0.3, -0.25) is 0 Å². The summed E-state index contributed by atoms with van der Waals surface area (Å²) in [4.78, 5) is 0. The predicted octanol–water partition coefficient (Wildman–Crippen LogP) is 5.69. The van der Waals surface area contributed by atoms with Gasteiger partial charge in [-0.15, -0.1) is 0 Å². The molecule has 0 bridgehead atoms. The van der Waals surface area contributed by atoms with Crippen molar-refractivity contribution in [1.29, 1.82) is 0 Å². The molecule has 22 heavy (non-hydrogen) atoms. The molecule has 0 radical (unpaired) electrons. The van der Waals surface area contributed by atoms with Gasteiger partial charge < -0.3 is 0 Å². The Balaban J connectivity index is 0.000000295. The number of aromatic nitrogens is 2. The molecule has 0 saturated heterocycles. The van der Waals surface area contributed by atoms with Crippen molar-refractivity contribution >= 4 is 7.81 Å². The fourth-order valence-corrected chi connectivity index (χ4v) is 1.95. The Morgan fingerprint density at radius 3 is 1.91 bits per heavy atom. The summed E-state index contributed by atoms with van der Waals surface area (Å²) in [5.74, 6) is 0. The molecule has 0 N–H and O–H groups in total. The third-order valence-electron chi connectivity index (χ3n) is 2.72. The van der Waals surface area contributed by atoms with Crippen molar-refractivity contribution in [1.82, 2.24) is 4.57 Å². The minimum atomic E-state index is -10.7. The zero-order valence-corrected chi connectivity index (χ0v) is 12.9. The third-order valence-corrected chi connectivity index (χ3v) is 2.72. The molecule has 2 aromatic rings. The van der Waals surface area contributed by atoms with Crippen LogP contribution in [-0.4, -0.2) is 4.57 Å². The van der Waals surface area contributed by atoms with E-state index in [1.165, 1.54) is 5.56 Å². The van der Waals surface area contributed by atoms with Crippen LogP contribution in [0, 0.1) is 0 Å². The molecule has 1 aromatic heterocycles. The van der Waals surface area contributed by atoms with Gasteiger partial charge in [0, 0.05) is 0 Å². The van der Waals surface area contributed by atoms with Crippen LogP contribution in [0.15, 0.2) is 49.1 Å². The van der Waals surface area contributed by atoms with Gasteiger partial charge in [0.2, 0.25) is 6.33 Å². The maximum atomic E-state index is 9.87. The van der Waals surface area contributed by atoms with Crippen LogP contribution in [0.1, 0.15) is 24.9 Å². The van der Waals surface area contributed by atoms with E-state index in [1.54, 1.807) is 0 Å². The van der Waals surface area contributed by atoms with Gasteiger partial charge in [0.05, 0.1) is 7.05 Å². The van der Waals surface area contributed by atoms with E-state index < -0.39 is 7.81 Å². The molecule has 1 heterocycles. The molecule has 0 aliphatic rings. The zero-order valence-electron chi connectivity index (χ0n) is 12.0. The van der Waals surface area contributed by atoms with Crippen LogP contribution in [0.3, 0.4) is 0 Å². The summed E-state index contributed by atoms with van der Waals surface area (Å²) in [5, 5.41) is 0. The Hall–Kier alpha value is -1.56. The number of imidazole rings is 1. The van der Waals surface area contributed by atoms with E-state index in [0.29, 0.717) is 6.04 Å². The Morgan fingerprint density at radius 1 is 1.05 bits per heavy atom. The molecule has 0 amide bonds. The second-order valence-electron chi connectivity index (χ2n) is 4.82. The summed E-state index contributed by atoms with van der Waals surface area (Å²) in [7, 11) is -8.61. The van der Waals surface area contributed by atoms with Crippen molar-refractivity contribution in [2.45, 2.75) is 19.4 Å². The van der Waals surface area contributed by atoms with E-state index in [1.807, 2.05) is 7.05 Å². The van der Waals surface area contributed by atoms with E-state index in [0.717, 1.165) is 6.42 Å². The Kier molecular flexibility index (Phi) is 4.68. The van der Waals surface area contributed by atoms with Crippen LogP contribution < -0.4 is 4.57 Å². The Bertz CT molecular complexity index is 594. The minimum absolute atomic E-state index is 0.451. The monoisotopic (exact) mass is 346 g/mol. The summed E-state index contributed by atoms with van der Waals surface area (Å²) in [6, 6.07) is 11.1. The van der Waals surface area contributed by atoms with Gasteiger partial charge in [-0.05, 0) is 12.0 Å². The van der Waals surface area contributed by atoms with Crippen LogP contribution in [0.2, 0.25) is 0 Å². The fraction of sp³-hybridized carbons (Fsp3) is 0.308. The van der Waals surface area contributed by atoms with E-state index in [9.17, 15) is 25.2 Å². The SMILES string of the molecule is CCC(c1ccccc1)n1cc[n+](C)c1.F[P-](F)(F)(F)(F)F. The van der Waals surface area contributed by atoms with Crippen LogP contribution >= 0.6 is 7.81 Å². The summed E-state index contributed by atoms with van der Waals surface area (Å²) < 4.78 is 63.5. The van der Waals surface area contributed by atoms with E-state index in [2.05, 4.69) is 65.1 Å². The first-order valence-corrected chi connectivity index (χ1v) is 8.43. The molecule has 9 heteroatoms. The van der Waals surface area contributed by atoms with Crippen LogP contribution in [-0.2, 0) is 7.05 Å².